The molecule has 0 amide bonds. The molecule has 0 radical (unpaired) electrons. The van der Waals surface area contributed by atoms with Crippen LogP contribution >= 0.6 is 9.12 Å². The lowest BCUT2D eigenvalue weighted by Gasteiger charge is -1.31. The third-order valence-electron chi connectivity index (χ3n) is 0. The zero-order valence-corrected chi connectivity index (χ0v) is 4.42. The van der Waals surface area contributed by atoms with Gasteiger partial charge in [-0.3, -0.25) is 0 Å². The summed E-state index contributed by atoms with van der Waals surface area (Å²) in [5.41, 5.74) is 0. The van der Waals surface area contributed by atoms with Gasteiger partial charge in [0, 0.05) is 0 Å². The maximum absolute atomic E-state index is 8.17. The molecule has 0 saturated carbocycles. The summed E-state index contributed by atoms with van der Waals surface area (Å²) in [6.45, 7) is 5.25. The molecule has 0 aromatic rings. The Morgan fingerprint density at radius 3 is 1.80 bits per heavy atom. The van der Waals surface area contributed by atoms with Crippen molar-refractivity contribution in [2.24, 2.45) is 0 Å². The first-order chi connectivity index (χ1) is 2.41. The number of allylic oxidation sites excluding steroid dienone is 1. The Labute approximate surface area is 34.3 Å². The van der Waals surface area contributed by atoms with Crippen LogP contribution in [-0.2, 0) is 4.57 Å². The van der Waals surface area contributed by atoms with Crippen LogP contribution in [0.4, 0.5) is 0 Å². The normalized spacial score (nSPS) is 3.40. The first kappa shape index (κ1) is 8.85. The summed E-state index contributed by atoms with van der Waals surface area (Å²) >= 11 is 0. The fraction of sp³-hybridized carbons (Fsp3) is 0.333. The van der Waals surface area contributed by atoms with Crippen LogP contribution in [0, 0.1) is 0 Å². The van der Waals surface area contributed by atoms with Crippen LogP contribution in [0.1, 0.15) is 6.92 Å². The summed E-state index contributed by atoms with van der Waals surface area (Å²) in [5, 5.41) is 0. The predicted molar refractivity (Wildman–Crippen MR) is 26.3 cm³/mol. The molecule has 1 unspecified atom stereocenters. The first-order valence-corrected chi connectivity index (χ1v) is 1.69. The second-order valence-corrected chi connectivity index (χ2v) is 0.408. The minimum Gasteiger partial charge on any atom is -0.103 e. The van der Waals surface area contributed by atoms with E-state index in [-0.39, 0.29) is 0 Å². The molecule has 0 aliphatic rings. The van der Waals surface area contributed by atoms with E-state index in [0.717, 1.165) is 0 Å². The van der Waals surface area contributed by atoms with Crippen molar-refractivity contribution in [2.45, 2.75) is 6.92 Å². The van der Waals surface area contributed by atoms with Crippen LogP contribution < -0.4 is 0 Å². The van der Waals surface area contributed by atoms with Crippen molar-refractivity contribution in [3.8, 4) is 0 Å². The van der Waals surface area contributed by atoms with Gasteiger partial charge in [-0.2, -0.15) is 0 Å². The molecule has 5 heavy (non-hydrogen) atoms. The molecular weight excluding hydrogens is 83.0 g/mol. The van der Waals surface area contributed by atoms with Crippen LogP contribution in [0.2, 0.25) is 0 Å². The molecule has 0 rings (SSSR count). The number of hydrogen-bond acceptors (Lipinski definition) is 1. The van der Waals surface area contributed by atoms with Crippen LogP contribution in [0.15, 0.2) is 12.7 Å². The third-order valence-corrected chi connectivity index (χ3v) is 0. The Balaban J connectivity index is 0. The van der Waals surface area contributed by atoms with Gasteiger partial charge in [-0.05, 0) is 6.92 Å². The van der Waals surface area contributed by atoms with E-state index in [2.05, 4.69) is 6.58 Å². The molecule has 0 fully saturated rings. The second-order valence-electron chi connectivity index (χ2n) is 0.408. The molecule has 0 spiro atoms. The van der Waals surface area contributed by atoms with Gasteiger partial charge in [-0.1, -0.05) is 10.6 Å². The van der Waals surface area contributed by atoms with Gasteiger partial charge in [0.1, 0.15) is 0 Å². The van der Waals surface area contributed by atoms with Crippen molar-refractivity contribution in [1.29, 1.82) is 0 Å². The molecule has 0 heterocycles. The fourth-order valence-electron chi connectivity index (χ4n) is 0. The Morgan fingerprint density at radius 2 is 1.80 bits per heavy atom. The molecule has 2 heteroatoms. The molecule has 1 atom stereocenters. The third kappa shape index (κ3) is 508. The molecule has 30 valence electrons. The number of hydrogen-bond donors (Lipinski definition) is 0. The van der Waals surface area contributed by atoms with Crippen molar-refractivity contribution in [3.05, 3.63) is 12.7 Å². The van der Waals surface area contributed by atoms with E-state index in [0.29, 0.717) is 0 Å². The number of rotatable bonds is 0. The van der Waals surface area contributed by atoms with E-state index >= 15 is 0 Å². The van der Waals surface area contributed by atoms with E-state index < -0.39 is 0 Å². The van der Waals surface area contributed by atoms with Crippen LogP contribution in [0.25, 0.3) is 0 Å². The average molecular weight is 91.1 g/mol. The van der Waals surface area contributed by atoms with Gasteiger partial charge in [0.05, 0.1) is 0 Å². The van der Waals surface area contributed by atoms with Gasteiger partial charge in [0.2, 0.25) is 0 Å². The van der Waals surface area contributed by atoms with Gasteiger partial charge in [0.25, 0.3) is 0 Å². The molecule has 0 aromatic carbocycles. The highest BCUT2D eigenvalue weighted by Gasteiger charge is 1.15. The summed E-state index contributed by atoms with van der Waals surface area (Å²) in [7, 11) is 1.17. The second kappa shape index (κ2) is 43.9. The Bertz CT molecular complexity index is 20.9. The maximum Gasteiger partial charge on any atom is 0.310 e. The van der Waals surface area contributed by atoms with Crippen molar-refractivity contribution < 1.29 is 4.57 Å². The molecule has 0 aromatic heterocycles. The highest BCUT2D eigenvalue weighted by molar-refractivity contribution is 7.00. The minimum absolute atomic E-state index is 1.17. The zero-order chi connectivity index (χ0) is 4.71. The van der Waals surface area contributed by atoms with Crippen molar-refractivity contribution in [1.82, 2.24) is 0 Å². The summed E-state index contributed by atoms with van der Waals surface area (Å²) < 4.78 is 8.17. The fourth-order valence-corrected chi connectivity index (χ4v) is 0. The molecule has 0 N–H and O–H groups in total. The molecule has 0 aliphatic heterocycles. The van der Waals surface area contributed by atoms with Gasteiger partial charge >= 0.3 is 9.12 Å². The lowest BCUT2D eigenvalue weighted by molar-refractivity contribution is 0.607. The van der Waals surface area contributed by atoms with Crippen molar-refractivity contribution in [2.75, 3.05) is 0 Å². The highest BCUT2D eigenvalue weighted by atomic mass is 31.0. The van der Waals surface area contributed by atoms with Crippen LogP contribution in [-0.4, -0.2) is 0 Å². The predicted octanol–water partition coefficient (Wildman–Crippen LogP) is 1.40. The topological polar surface area (TPSA) is 17.1 Å². The first-order valence-electron chi connectivity index (χ1n) is 1.22. The molecule has 0 bridgehead atoms. The van der Waals surface area contributed by atoms with E-state index in [4.69, 9.17) is 4.57 Å². The molecular formula is C3H8OP+. The minimum atomic E-state index is 1.17. The average Bonchev–Trinajstić information content (AvgIpc) is 1.46. The van der Waals surface area contributed by atoms with E-state index in [9.17, 15) is 0 Å². The van der Waals surface area contributed by atoms with Crippen LogP contribution in [0.3, 0.4) is 0 Å². The lowest BCUT2D eigenvalue weighted by Crippen LogP contribution is -1.07. The standard InChI is InChI=1S/C3H6.H2OP/c1-3-2;1-2/h3H,1H2,2H3;2H2/q;+1. The monoisotopic (exact) mass is 91.0 g/mol. The molecule has 1 nitrogen and oxygen atoms in total. The van der Waals surface area contributed by atoms with Crippen molar-refractivity contribution >= 4 is 9.12 Å². The quantitative estimate of drug-likeness (QED) is 0.325. The van der Waals surface area contributed by atoms with Crippen LogP contribution in [0.5, 0.6) is 0 Å². The van der Waals surface area contributed by atoms with Crippen molar-refractivity contribution in [3.63, 3.8) is 0 Å². The largest absolute Gasteiger partial charge is 0.310 e. The Kier molecular flexibility index (Phi) is 77.7. The maximum atomic E-state index is 8.17. The Hall–Kier alpha value is -0.160. The summed E-state index contributed by atoms with van der Waals surface area (Å²) in [6, 6.07) is 0. The highest BCUT2D eigenvalue weighted by Crippen LogP contribution is 1.38. The van der Waals surface area contributed by atoms with Gasteiger partial charge in [0.15, 0.2) is 0 Å². The van der Waals surface area contributed by atoms with E-state index in [1.807, 2.05) is 6.92 Å². The van der Waals surface area contributed by atoms with Gasteiger partial charge in [-0.15, -0.1) is 6.58 Å². The summed E-state index contributed by atoms with van der Waals surface area (Å²) in [4.78, 5) is 0. The smallest absolute Gasteiger partial charge is 0.103 e. The van der Waals surface area contributed by atoms with E-state index in [1.165, 1.54) is 9.12 Å². The van der Waals surface area contributed by atoms with Gasteiger partial charge in [-0.25, -0.2) is 0 Å². The summed E-state index contributed by atoms with van der Waals surface area (Å²) in [6.07, 6.45) is 1.75. The van der Waals surface area contributed by atoms with Gasteiger partial charge < -0.3 is 0 Å². The zero-order valence-electron chi connectivity index (χ0n) is 3.27. The van der Waals surface area contributed by atoms with E-state index in [1.54, 1.807) is 6.08 Å². The lowest BCUT2D eigenvalue weighted by atomic mass is 10.8. The SMILES string of the molecule is C=CC.O=[PH2+]. The molecule has 0 aliphatic carbocycles. The Morgan fingerprint density at radius 1 is 1.80 bits per heavy atom. The molecule has 0 saturated heterocycles. The summed E-state index contributed by atoms with van der Waals surface area (Å²) in [5.74, 6) is 0.